The second kappa shape index (κ2) is 11.2. The molecule has 0 amide bonds. The van der Waals surface area contributed by atoms with Crippen LogP contribution in [0.15, 0.2) is 36.0 Å². The molecule has 7 rings (SSSR count). The number of aliphatic hydroxyl groups is 2. The highest BCUT2D eigenvalue weighted by atomic mass is 32.5. The van der Waals surface area contributed by atoms with Crippen molar-refractivity contribution in [3.8, 4) is 0 Å². The number of fused-ring (bicyclic) bond motifs is 4. The summed E-state index contributed by atoms with van der Waals surface area (Å²) in [5.41, 5.74) is 6.60. The molecule has 7 heterocycles. The molecule has 6 unspecified atom stereocenters. The van der Waals surface area contributed by atoms with E-state index in [4.69, 9.17) is 56.9 Å². The zero-order valence-corrected chi connectivity index (χ0v) is 25.5. The van der Waals surface area contributed by atoms with Crippen LogP contribution in [0.3, 0.4) is 0 Å². The number of ether oxygens (including phenoxy) is 2. The maximum Gasteiger partial charge on any atom is 0.325 e. The summed E-state index contributed by atoms with van der Waals surface area (Å²) in [4.78, 5) is 53.1. The first-order valence-electron chi connectivity index (χ1n) is 12.9. The molecule has 10 atom stereocenters. The number of aromatic amines is 1. The van der Waals surface area contributed by atoms with Gasteiger partial charge in [-0.25, -0.2) is 19.9 Å². The summed E-state index contributed by atoms with van der Waals surface area (Å²) in [6, 6.07) is 1.57. The number of anilines is 1. The van der Waals surface area contributed by atoms with Gasteiger partial charge in [0.05, 0.1) is 37.9 Å². The third-order valence-corrected chi connectivity index (χ3v) is 10.5. The molecule has 3 fully saturated rings. The number of nitrogens with two attached hydrogens (primary N) is 1. The van der Waals surface area contributed by atoms with Crippen molar-refractivity contribution in [2.75, 3.05) is 18.9 Å². The summed E-state index contributed by atoms with van der Waals surface area (Å²) in [6.45, 7) is -9.25. The van der Waals surface area contributed by atoms with Gasteiger partial charge in [0.25, 0.3) is 5.56 Å². The molecule has 3 aliphatic heterocycles. The van der Waals surface area contributed by atoms with Gasteiger partial charge in [-0.3, -0.25) is 23.0 Å². The van der Waals surface area contributed by atoms with E-state index < -0.39 is 81.3 Å². The molecule has 4 aromatic heterocycles. The highest BCUT2D eigenvalue weighted by Gasteiger charge is 2.52. The lowest BCUT2D eigenvalue weighted by Crippen LogP contribution is -2.39. The van der Waals surface area contributed by atoms with Crippen LogP contribution >= 0.6 is 13.4 Å². The first kappa shape index (κ1) is 30.3. The van der Waals surface area contributed by atoms with Gasteiger partial charge >= 0.3 is 13.4 Å². The Hall–Kier alpha value is -2.33. The minimum absolute atomic E-state index is 0.00688. The lowest BCUT2D eigenvalue weighted by molar-refractivity contribution is -0.0593. The molecule has 7 N–H and O–H groups in total. The van der Waals surface area contributed by atoms with Gasteiger partial charge in [-0.15, -0.1) is 0 Å². The Labute approximate surface area is 256 Å². The van der Waals surface area contributed by atoms with E-state index in [-0.39, 0.29) is 11.2 Å². The summed E-state index contributed by atoms with van der Waals surface area (Å²) in [6.07, 6.45) is -5.17. The van der Waals surface area contributed by atoms with Gasteiger partial charge in [0, 0.05) is 6.20 Å². The number of rotatable bonds is 2. The van der Waals surface area contributed by atoms with Crippen LogP contribution in [0.5, 0.6) is 0 Å². The second-order valence-corrected chi connectivity index (χ2v) is 15.6. The van der Waals surface area contributed by atoms with Crippen molar-refractivity contribution in [1.82, 2.24) is 34.1 Å². The summed E-state index contributed by atoms with van der Waals surface area (Å²) in [5, 5.41) is 22.5. The Bertz CT molecular complexity index is 1890. The summed E-state index contributed by atoms with van der Waals surface area (Å²) < 4.78 is 37.3. The third-order valence-electron chi connectivity index (χ3n) is 7.34. The van der Waals surface area contributed by atoms with Gasteiger partial charge in [-0.05, 0) is 29.7 Å². The van der Waals surface area contributed by atoms with Gasteiger partial charge in [0.15, 0.2) is 29.3 Å². The first-order chi connectivity index (χ1) is 20.9. The Balaban J connectivity index is 1.17. The van der Waals surface area contributed by atoms with Crippen LogP contribution < -0.4 is 11.3 Å². The first-order valence-corrected chi connectivity index (χ1v) is 18.1. The molecule has 23 heteroatoms. The van der Waals surface area contributed by atoms with Crippen LogP contribution in [-0.4, -0.2) is 104 Å². The Kier molecular flexibility index (Phi) is 7.71. The number of hydrogen-bond acceptors (Lipinski definition) is 16. The normalized spacial score (nSPS) is 38.3. The average molecular weight is 691 g/mol. The molecule has 0 saturated carbocycles. The number of nitrogens with zero attached hydrogens (tertiary/aromatic N) is 6. The molecule has 0 aromatic carbocycles. The number of nitrogens with one attached hydrogen (secondary N) is 1. The minimum atomic E-state index is -4.13. The molecule has 4 aromatic rings. The van der Waals surface area contributed by atoms with Crippen LogP contribution in [0.25, 0.3) is 22.3 Å². The smallest absolute Gasteiger partial charge is 0.325 e. The predicted molar refractivity (Wildman–Crippen MR) is 155 cm³/mol. The third kappa shape index (κ3) is 5.31. The fraction of sp³-hybridized carbons (Fsp3) is 0.476. The number of aromatic nitrogens is 7. The summed E-state index contributed by atoms with van der Waals surface area (Å²) in [5.74, 6) is 0. The molecule has 19 nitrogen and oxygen atoms in total. The number of imidazole rings is 2. The van der Waals surface area contributed by atoms with Gasteiger partial charge in [0.1, 0.15) is 42.1 Å². The number of aliphatic hydroxyl groups excluding tert-OH is 2. The van der Waals surface area contributed by atoms with E-state index >= 15 is 0 Å². The van der Waals surface area contributed by atoms with Crippen LogP contribution in [0, 0.1) is 0 Å². The van der Waals surface area contributed by atoms with Crippen molar-refractivity contribution in [1.29, 1.82) is 0 Å². The van der Waals surface area contributed by atoms with Crippen molar-refractivity contribution >= 4 is 65.1 Å². The van der Waals surface area contributed by atoms with E-state index in [2.05, 4.69) is 24.9 Å². The molecule has 44 heavy (non-hydrogen) atoms. The molecule has 3 aliphatic rings. The lowest BCUT2D eigenvalue weighted by atomic mass is 10.1. The maximum atomic E-state index is 12.1. The molecule has 236 valence electrons. The van der Waals surface area contributed by atoms with Crippen LogP contribution in [0.2, 0.25) is 0 Å². The number of H-pyrrole nitrogens is 1. The van der Waals surface area contributed by atoms with Crippen molar-refractivity contribution in [3.63, 3.8) is 0 Å². The van der Waals surface area contributed by atoms with Gasteiger partial charge < -0.3 is 49.2 Å². The van der Waals surface area contributed by atoms with Gasteiger partial charge in [-0.2, -0.15) is 0 Å². The molecular weight excluding hydrogens is 666 g/mol. The number of nitrogen functional groups attached to an aromatic ring is 1. The molecule has 0 radical (unpaired) electrons. The Morgan fingerprint density at radius 1 is 0.864 bits per heavy atom. The van der Waals surface area contributed by atoms with Gasteiger partial charge in [0.2, 0.25) is 0 Å². The maximum absolute atomic E-state index is 12.1. The van der Waals surface area contributed by atoms with E-state index in [0.29, 0.717) is 16.9 Å². The van der Waals surface area contributed by atoms with E-state index in [1.54, 1.807) is 6.07 Å². The Morgan fingerprint density at radius 3 is 1.95 bits per heavy atom. The zero-order valence-electron chi connectivity index (χ0n) is 22.0. The highest BCUT2D eigenvalue weighted by Crippen LogP contribution is 2.54. The van der Waals surface area contributed by atoms with Crippen LogP contribution in [-0.2, 0) is 51.2 Å². The minimum Gasteiger partial charge on any atom is -0.397 e. The Morgan fingerprint density at radius 2 is 1.39 bits per heavy atom. The summed E-state index contributed by atoms with van der Waals surface area (Å²) in [7, 11) is 0. The standard InChI is InChI=1S/C21H24N8O11P2S2/c22-8-1-2-23-17-11(8)26-6-28(17)20-13(30)15-9(37-20)3-35-42(34,44)40-16-10(4-36-41(33,43)39-15)38-21(14(16)31)29-7-27-12-18(29)24-5-25-19(12)32/h1-2,5-7,9-10,13-16,20-21,30-31H,3-4H2,(H2,22,23)(H,33,43)(H,34,44)(H,24,25,32)/t9?,10?,13-,14-,15-,16-,20?,21?,41?,42?/m1/s1. The lowest BCUT2D eigenvalue weighted by Gasteiger charge is -2.30. The average Bonchev–Trinajstić information content (AvgIpc) is 3.73. The van der Waals surface area contributed by atoms with Crippen molar-refractivity contribution in [2.24, 2.45) is 0 Å². The quantitative estimate of drug-likeness (QED) is 0.137. The van der Waals surface area contributed by atoms with Gasteiger partial charge in [-0.1, -0.05) is 0 Å². The SMILES string of the molecule is Nc1ccnc2c1ncn2C1OC2COP(O)(=S)O[C@@H]3C(COP(O)(=S)O[C@H]2[C@H]1O)OC(n1cnc2c(=O)[nH]cnc21)[C@@H]3O. The van der Waals surface area contributed by atoms with E-state index in [1.165, 1.54) is 28.0 Å². The molecule has 0 bridgehead atoms. The highest BCUT2D eigenvalue weighted by molar-refractivity contribution is 8.07. The van der Waals surface area contributed by atoms with Crippen molar-refractivity contribution in [2.45, 2.75) is 49.1 Å². The van der Waals surface area contributed by atoms with Crippen LogP contribution in [0.1, 0.15) is 12.5 Å². The van der Waals surface area contributed by atoms with E-state index in [9.17, 15) is 24.8 Å². The second-order valence-electron chi connectivity index (χ2n) is 10.1. The predicted octanol–water partition coefficient (Wildman–Crippen LogP) is -1.09. The molecule has 0 spiro atoms. The number of hydrogen-bond donors (Lipinski definition) is 6. The van der Waals surface area contributed by atoms with E-state index in [1.807, 2.05) is 0 Å². The number of pyridine rings is 1. The summed E-state index contributed by atoms with van der Waals surface area (Å²) >= 11 is 10.5. The molecule has 3 saturated heterocycles. The molecular formula is C21H24N8O11P2S2. The van der Waals surface area contributed by atoms with Crippen LogP contribution in [0.4, 0.5) is 5.69 Å². The van der Waals surface area contributed by atoms with Crippen molar-refractivity contribution in [3.05, 3.63) is 41.6 Å². The fourth-order valence-corrected chi connectivity index (χ4v) is 8.21. The van der Waals surface area contributed by atoms with Crippen molar-refractivity contribution < 1.29 is 47.6 Å². The monoisotopic (exact) mass is 690 g/mol. The topological polar surface area (TPSA) is 257 Å². The van der Waals surface area contributed by atoms with E-state index in [0.717, 1.165) is 6.33 Å². The largest absolute Gasteiger partial charge is 0.397 e. The fourth-order valence-electron chi connectivity index (χ4n) is 5.32. The molecule has 0 aliphatic carbocycles. The zero-order chi connectivity index (χ0) is 31.0.